The Kier molecular flexibility index (Phi) is 4.97. The molecule has 1 heterocycles. The van der Waals surface area contributed by atoms with Crippen LogP contribution in [0, 0.1) is 11.3 Å². The van der Waals surface area contributed by atoms with Crippen LogP contribution >= 0.6 is 11.6 Å². The van der Waals surface area contributed by atoms with Gasteiger partial charge in [-0.1, -0.05) is 37.1 Å². The van der Waals surface area contributed by atoms with Crippen LogP contribution < -0.4 is 4.74 Å². The first-order chi connectivity index (χ1) is 9.76. The summed E-state index contributed by atoms with van der Waals surface area (Å²) in [4.78, 5) is 4.04. The highest BCUT2D eigenvalue weighted by Crippen LogP contribution is 2.28. The topological polar surface area (TPSA) is 45.9 Å². The highest BCUT2D eigenvalue weighted by atomic mass is 35.5. The number of pyridine rings is 1. The van der Waals surface area contributed by atoms with Crippen molar-refractivity contribution in [3.63, 3.8) is 0 Å². The van der Waals surface area contributed by atoms with Gasteiger partial charge in [-0.25, -0.2) is 0 Å². The molecule has 1 aromatic carbocycles. The van der Waals surface area contributed by atoms with Gasteiger partial charge in [0.15, 0.2) is 0 Å². The normalized spacial score (nSPS) is 10.1. The molecular weight excluding hydrogens is 272 g/mol. The molecule has 0 aliphatic rings. The summed E-state index contributed by atoms with van der Waals surface area (Å²) in [6.07, 6.45) is 5.28. The van der Waals surface area contributed by atoms with E-state index in [0.29, 0.717) is 10.6 Å². The van der Waals surface area contributed by atoms with Crippen molar-refractivity contribution < 1.29 is 4.74 Å². The minimum atomic E-state index is 0.369. The molecule has 0 saturated heterocycles. The summed E-state index contributed by atoms with van der Waals surface area (Å²) in [6, 6.07) is 9.73. The molecule has 0 unspecified atom stereocenters. The quantitative estimate of drug-likeness (QED) is 0.763. The zero-order valence-electron chi connectivity index (χ0n) is 11.3. The number of rotatable bonds is 5. The molecule has 2 aromatic rings. The number of hydrogen-bond acceptors (Lipinski definition) is 3. The predicted molar refractivity (Wildman–Crippen MR) is 79.8 cm³/mol. The Labute approximate surface area is 123 Å². The SMILES string of the molecule is CCCCOc1ccc(-c2cncc(Cl)c2C#N)cc1. The molecule has 20 heavy (non-hydrogen) atoms. The summed E-state index contributed by atoms with van der Waals surface area (Å²) in [5.74, 6) is 0.829. The number of halogens is 1. The van der Waals surface area contributed by atoms with E-state index in [2.05, 4.69) is 18.0 Å². The van der Waals surface area contributed by atoms with E-state index in [-0.39, 0.29) is 0 Å². The molecular formula is C16H15ClN2O. The zero-order chi connectivity index (χ0) is 14.4. The van der Waals surface area contributed by atoms with Crippen LogP contribution in [0.5, 0.6) is 5.75 Å². The number of benzene rings is 1. The summed E-state index contributed by atoms with van der Waals surface area (Å²) in [6.45, 7) is 2.85. The molecule has 0 amide bonds. The molecule has 0 bridgehead atoms. The van der Waals surface area contributed by atoms with Gasteiger partial charge in [-0.2, -0.15) is 5.26 Å². The molecule has 2 rings (SSSR count). The molecule has 0 N–H and O–H groups in total. The Hall–Kier alpha value is -2.05. The number of ether oxygens (including phenoxy) is 1. The molecule has 0 radical (unpaired) electrons. The van der Waals surface area contributed by atoms with Crippen molar-refractivity contribution in [2.24, 2.45) is 0 Å². The Balaban J connectivity index is 2.23. The van der Waals surface area contributed by atoms with Gasteiger partial charge < -0.3 is 4.74 Å². The van der Waals surface area contributed by atoms with Crippen molar-refractivity contribution in [3.8, 4) is 22.9 Å². The largest absolute Gasteiger partial charge is 0.494 e. The molecule has 0 aliphatic heterocycles. The second-order valence-corrected chi connectivity index (χ2v) is 4.79. The van der Waals surface area contributed by atoms with E-state index in [0.717, 1.165) is 36.3 Å². The van der Waals surface area contributed by atoms with Gasteiger partial charge in [-0.3, -0.25) is 4.98 Å². The maximum absolute atomic E-state index is 9.17. The Bertz CT molecular complexity index is 617. The molecule has 0 saturated carbocycles. The number of unbranched alkanes of at least 4 members (excludes halogenated alkanes) is 1. The van der Waals surface area contributed by atoms with Crippen molar-refractivity contribution in [1.82, 2.24) is 4.98 Å². The lowest BCUT2D eigenvalue weighted by molar-refractivity contribution is 0.309. The third-order valence-corrected chi connectivity index (χ3v) is 3.23. The van der Waals surface area contributed by atoms with Crippen molar-refractivity contribution in [2.45, 2.75) is 19.8 Å². The minimum Gasteiger partial charge on any atom is -0.494 e. The van der Waals surface area contributed by atoms with E-state index in [1.165, 1.54) is 6.20 Å². The van der Waals surface area contributed by atoms with Gasteiger partial charge in [0.25, 0.3) is 0 Å². The standard InChI is InChI=1S/C16H15ClN2O/c1-2-3-8-20-13-6-4-12(5-7-13)15-10-19-11-16(17)14(15)9-18/h4-7,10-11H,2-3,8H2,1H3. The number of hydrogen-bond donors (Lipinski definition) is 0. The van der Waals surface area contributed by atoms with Crippen LogP contribution in [-0.2, 0) is 0 Å². The predicted octanol–water partition coefficient (Wildman–Crippen LogP) is 4.45. The van der Waals surface area contributed by atoms with Gasteiger partial charge in [0, 0.05) is 18.0 Å². The maximum Gasteiger partial charge on any atom is 0.119 e. The molecule has 0 aliphatic carbocycles. The Morgan fingerprint density at radius 3 is 2.65 bits per heavy atom. The fraction of sp³-hybridized carbons (Fsp3) is 0.250. The van der Waals surface area contributed by atoms with Crippen LogP contribution in [-0.4, -0.2) is 11.6 Å². The van der Waals surface area contributed by atoms with Gasteiger partial charge in [0.05, 0.1) is 17.2 Å². The minimum absolute atomic E-state index is 0.369. The summed E-state index contributed by atoms with van der Waals surface area (Å²) in [5.41, 5.74) is 2.08. The smallest absolute Gasteiger partial charge is 0.119 e. The lowest BCUT2D eigenvalue weighted by atomic mass is 10.0. The number of aromatic nitrogens is 1. The lowest BCUT2D eigenvalue weighted by Crippen LogP contribution is -1.96. The molecule has 0 fully saturated rings. The van der Waals surface area contributed by atoms with Crippen molar-refractivity contribution >= 4 is 11.6 Å². The van der Waals surface area contributed by atoms with Crippen LogP contribution in [0.1, 0.15) is 25.3 Å². The summed E-state index contributed by atoms with van der Waals surface area (Å²) in [5, 5.41) is 9.54. The molecule has 4 heteroatoms. The van der Waals surface area contributed by atoms with Crippen molar-refractivity contribution in [2.75, 3.05) is 6.61 Å². The first-order valence-corrected chi connectivity index (χ1v) is 6.91. The van der Waals surface area contributed by atoms with Gasteiger partial charge in [-0.05, 0) is 24.1 Å². The van der Waals surface area contributed by atoms with E-state index in [9.17, 15) is 5.26 Å². The highest BCUT2D eigenvalue weighted by Gasteiger charge is 2.09. The third-order valence-electron chi connectivity index (χ3n) is 2.94. The van der Waals surface area contributed by atoms with Gasteiger partial charge in [0.2, 0.25) is 0 Å². The number of nitriles is 1. The van der Waals surface area contributed by atoms with E-state index in [1.807, 2.05) is 24.3 Å². The van der Waals surface area contributed by atoms with Gasteiger partial charge in [-0.15, -0.1) is 0 Å². The van der Waals surface area contributed by atoms with Crippen LogP contribution in [0.2, 0.25) is 5.02 Å². The summed E-state index contributed by atoms with van der Waals surface area (Å²) < 4.78 is 5.61. The average molecular weight is 287 g/mol. The van der Waals surface area contributed by atoms with Crippen LogP contribution in [0.4, 0.5) is 0 Å². The zero-order valence-corrected chi connectivity index (χ0v) is 12.0. The van der Waals surface area contributed by atoms with E-state index in [1.54, 1.807) is 6.20 Å². The second-order valence-electron chi connectivity index (χ2n) is 4.38. The average Bonchev–Trinajstić information content (AvgIpc) is 2.48. The van der Waals surface area contributed by atoms with Crippen molar-refractivity contribution in [3.05, 3.63) is 47.2 Å². The molecule has 3 nitrogen and oxygen atoms in total. The van der Waals surface area contributed by atoms with E-state index >= 15 is 0 Å². The summed E-state index contributed by atoms with van der Waals surface area (Å²) >= 11 is 5.99. The fourth-order valence-corrected chi connectivity index (χ4v) is 2.03. The van der Waals surface area contributed by atoms with Crippen LogP contribution in [0.3, 0.4) is 0 Å². The number of nitrogens with zero attached hydrogens (tertiary/aromatic N) is 2. The molecule has 0 spiro atoms. The first-order valence-electron chi connectivity index (χ1n) is 6.53. The molecule has 102 valence electrons. The second kappa shape index (κ2) is 6.93. The monoisotopic (exact) mass is 286 g/mol. The first kappa shape index (κ1) is 14.4. The highest BCUT2D eigenvalue weighted by molar-refractivity contribution is 6.32. The Morgan fingerprint density at radius 2 is 2.00 bits per heavy atom. The summed E-state index contributed by atoms with van der Waals surface area (Å²) in [7, 11) is 0. The van der Waals surface area contributed by atoms with Crippen molar-refractivity contribution in [1.29, 1.82) is 5.26 Å². The molecule has 0 atom stereocenters. The lowest BCUT2D eigenvalue weighted by Gasteiger charge is -2.08. The van der Waals surface area contributed by atoms with Crippen LogP contribution in [0.25, 0.3) is 11.1 Å². The van der Waals surface area contributed by atoms with Crippen LogP contribution in [0.15, 0.2) is 36.7 Å². The fourth-order valence-electron chi connectivity index (χ4n) is 1.83. The maximum atomic E-state index is 9.17. The third kappa shape index (κ3) is 3.28. The van der Waals surface area contributed by atoms with E-state index in [4.69, 9.17) is 16.3 Å². The van der Waals surface area contributed by atoms with Gasteiger partial charge in [0.1, 0.15) is 11.8 Å². The molecule has 1 aromatic heterocycles. The van der Waals surface area contributed by atoms with E-state index < -0.39 is 0 Å². The Morgan fingerprint density at radius 1 is 1.25 bits per heavy atom. The van der Waals surface area contributed by atoms with Gasteiger partial charge >= 0.3 is 0 Å².